The summed E-state index contributed by atoms with van der Waals surface area (Å²) in [6, 6.07) is 11.0. The molecule has 152 valence electrons. The van der Waals surface area contributed by atoms with Crippen LogP contribution in [0.1, 0.15) is 17.0 Å². The van der Waals surface area contributed by atoms with Crippen LogP contribution in [0.3, 0.4) is 0 Å². The SMILES string of the molecule is Cc1ccc(C)c(OCc2nnc(SCC(=O)Nc3ccc(Cl)c(Cl)c3)n2C)c1. The van der Waals surface area contributed by atoms with Gasteiger partial charge in [0.05, 0.1) is 15.8 Å². The normalized spacial score (nSPS) is 10.8. The third kappa shape index (κ3) is 5.65. The second kappa shape index (κ2) is 9.52. The van der Waals surface area contributed by atoms with E-state index in [0.29, 0.717) is 33.3 Å². The van der Waals surface area contributed by atoms with E-state index in [1.807, 2.05) is 43.7 Å². The minimum atomic E-state index is -0.176. The van der Waals surface area contributed by atoms with Crippen molar-refractivity contribution in [3.05, 3.63) is 63.4 Å². The Morgan fingerprint density at radius 3 is 2.69 bits per heavy atom. The standard InChI is InChI=1S/C20H20Cl2N4O2S/c1-12-4-5-13(2)17(8-12)28-10-18-24-25-20(26(18)3)29-11-19(27)23-14-6-7-15(21)16(22)9-14/h4-9H,10-11H2,1-3H3,(H,23,27). The van der Waals surface area contributed by atoms with E-state index in [2.05, 4.69) is 15.5 Å². The Bertz CT molecular complexity index is 1040. The topological polar surface area (TPSA) is 69.0 Å². The molecule has 0 atom stereocenters. The first-order valence-electron chi connectivity index (χ1n) is 8.79. The van der Waals surface area contributed by atoms with Crippen LogP contribution in [0.2, 0.25) is 10.0 Å². The number of thioether (sulfide) groups is 1. The Kier molecular flexibility index (Phi) is 7.05. The van der Waals surface area contributed by atoms with Crippen molar-refractivity contribution in [2.24, 2.45) is 7.05 Å². The molecule has 9 heteroatoms. The fourth-order valence-electron chi connectivity index (χ4n) is 2.50. The zero-order valence-corrected chi connectivity index (χ0v) is 18.5. The van der Waals surface area contributed by atoms with Crippen molar-refractivity contribution in [2.75, 3.05) is 11.1 Å². The number of nitrogens with zero attached hydrogens (tertiary/aromatic N) is 3. The Labute approximate surface area is 183 Å². The predicted octanol–water partition coefficient (Wildman–Crippen LogP) is 5.05. The Morgan fingerprint density at radius 1 is 1.14 bits per heavy atom. The summed E-state index contributed by atoms with van der Waals surface area (Å²) in [5.74, 6) is 1.51. The molecule has 0 aliphatic rings. The molecule has 0 unspecified atom stereocenters. The lowest BCUT2D eigenvalue weighted by atomic mass is 10.1. The van der Waals surface area contributed by atoms with Crippen LogP contribution in [0.5, 0.6) is 5.75 Å². The zero-order chi connectivity index (χ0) is 21.0. The molecule has 6 nitrogen and oxygen atoms in total. The van der Waals surface area contributed by atoms with Crippen LogP contribution in [-0.4, -0.2) is 26.4 Å². The monoisotopic (exact) mass is 450 g/mol. The van der Waals surface area contributed by atoms with E-state index in [1.54, 1.807) is 18.2 Å². The number of halogens is 2. The highest BCUT2D eigenvalue weighted by Crippen LogP contribution is 2.25. The summed E-state index contributed by atoms with van der Waals surface area (Å²) in [6.45, 7) is 4.31. The number of nitrogens with one attached hydrogen (secondary N) is 1. The highest BCUT2D eigenvalue weighted by Gasteiger charge is 2.13. The zero-order valence-electron chi connectivity index (χ0n) is 16.2. The molecule has 2 aromatic carbocycles. The molecule has 3 rings (SSSR count). The third-order valence-corrected chi connectivity index (χ3v) is 5.92. The summed E-state index contributed by atoms with van der Waals surface area (Å²) >= 11 is 13.1. The quantitative estimate of drug-likeness (QED) is 0.510. The molecule has 1 N–H and O–H groups in total. The van der Waals surface area contributed by atoms with Crippen LogP contribution in [0, 0.1) is 13.8 Å². The first kappa shape index (κ1) is 21.5. The van der Waals surface area contributed by atoms with Crippen molar-refractivity contribution in [3.8, 4) is 5.75 Å². The van der Waals surface area contributed by atoms with Crippen molar-refractivity contribution in [2.45, 2.75) is 25.6 Å². The van der Waals surface area contributed by atoms with E-state index in [4.69, 9.17) is 27.9 Å². The summed E-state index contributed by atoms with van der Waals surface area (Å²) < 4.78 is 7.71. The van der Waals surface area contributed by atoms with Gasteiger partial charge in [0.1, 0.15) is 12.4 Å². The fourth-order valence-corrected chi connectivity index (χ4v) is 3.53. The summed E-state index contributed by atoms with van der Waals surface area (Å²) in [5, 5.41) is 12.6. The predicted molar refractivity (Wildman–Crippen MR) is 117 cm³/mol. The van der Waals surface area contributed by atoms with Gasteiger partial charge in [0.25, 0.3) is 0 Å². The van der Waals surface area contributed by atoms with E-state index >= 15 is 0 Å². The van der Waals surface area contributed by atoms with Crippen LogP contribution in [0.4, 0.5) is 5.69 Å². The Morgan fingerprint density at radius 2 is 1.93 bits per heavy atom. The number of ether oxygens (including phenoxy) is 1. The number of benzene rings is 2. The summed E-state index contributed by atoms with van der Waals surface area (Å²) in [6.07, 6.45) is 0. The largest absolute Gasteiger partial charge is 0.485 e. The van der Waals surface area contributed by atoms with E-state index in [9.17, 15) is 4.79 Å². The van der Waals surface area contributed by atoms with Crippen molar-refractivity contribution in [1.82, 2.24) is 14.8 Å². The molecule has 1 heterocycles. The molecule has 1 amide bonds. The van der Waals surface area contributed by atoms with Gasteiger partial charge in [-0.05, 0) is 49.2 Å². The molecule has 0 bridgehead atoms. The van der Waals surface area contributed by atoms with E-state index in [1.165, 1.54) is 11.8 Å². The average molecular weight is 451 g/mol. The lowest BCUT2D eigenvalue weighted by Crippen LogP contribution is -2.14. The lowest BCUT2D eigenvalue weighted by Gasteiger charge is -2.10. The number of hydrogen-bond acceptors (Lipinski definition) is 5. The Balaban J connectivity index is 1.55. The maximum atomic E-state index is 12.2. The second-order valence-corrected chi connectivity index (χ2v) is 8.24. The van der Waals surface area contributed by atoms with Gasteiger partial charge in [-0.25, -0.2) is 0 Å². The first-order valence-corrected chi connectivity index (χ1v) is 10.5. The van der Waals surface area contributed by atoms with Crippen molar-refractivity contribution >= 4 is 46.6 Å². The maximum Gasteiger partial charge on any atom is 0.234 e. The van der Waals surface area contributed by atoms with Crippen LogP contribution in [-0.2, 0) is 18.4 Å². The number of aryl methyl sites for hydroxylation is 2. The molecule has 0 fully saturated rings. The van der Waals surface area contributed by atoms with Gasteiger partial charge in [-0.2, -0.15) is 0 Å². The summed E-state index contributed by atoms with van der Waals surface area (Å²) in [7, 11) is 1.85. The number of amides is 1. The van der Waals surface area contributed by atoms with Gasteiger partial charge >= 0.3 is 0 Å². The summed E-state index contributed by atoms with van der Waals surface area (Å²) in [4.78, 5) is 12.2. The molecular formula is C20H20Cl2N4O2S. The van der Waals surface area contributed by atoms with Crippen LogP contribution in [0.25, 0.3) is 0 Å². The molecular weight excluding hydrogens is 431 g/mol. The van der Waals surface area contributed by atoms with Gasteiger partial charge in [0.15, 0.2) is 11.0 Å². The van der Waals surface area contributed by atoms with Gasteiger partial charge in [0.2, 0.25) is 5.91 Å². The lowest BCUT2D eigenvalue weighted by molar-refractivity contribution is -0.113. The van der Waals surface area contributed by atoms with Gasteiger partial charge < -0.3 is 14.6 Å². The van der Waals surface area contributed by atoms with Crippen molar-refractivity contribution in [1.29, 1.82) is 0 Å². The van der Waals surface area contributed by atoms with Crippen LogP contribution >= 0.6 is 35.0 Å². The molecule has 3 aromatic rings. The molecule has 0 spiro atoms. The van der Waals surface area contributed by atoms with E-state index in [0.717, 1.165) is 16.9 Å². The number of anilines is 1. The van der Waals surface area contributed by atoms with Crippen molar-refractivity contribution < 1.29 is 9.53 Å². The minimum Gasteiger partial charge on any atom is -0.485 e. The molecule has 0 radical (unpaired) electrons. The molecule has 29 heavy (non-hydrogen) atoms. The first-order chi connectivity index (χ1) is 13.8. The molecule has 0 saturated heterocycles. The maximum absolute atomic E-state index is 12.2. The number of rotatable bonds is 7. The van der Waals surface area contributed by atoms with E-state index < -0.39 is 0 Å². The third-order valence-electron chi connectivity index (χ3n) is 4.16. The highest BCUT2D eigenvalue weighted by molar-refractivity contribution is 7.99. The number of aromatic nitrogens is 3. The van der Waals surface area contributed by atoms with Gasteiger partial charge in [-0.3, -0.25) is 4.79 Å². The van der Waals surface area contributed by atoms with Crippen LogP contribution < -0.4 is 10.1 Å². The van der Waals surface area contributed by atoms with Gasteiger partial charge in [-0.15, -0.1) is 10.2 Å². The van der Waals surface area contributed by atoms with Gasteiger partial charge in [0, 0.05) is 12.7 Å². The van der Waals surface area contributed by atoms with Crippen molar-refractivity contribution in [3.63, 3.8) is 0 Å². The number of hydrogen-bond donors (Lipinski definition) is 1. The number of carbonyl (C=O) groups excluding carboxylic acids is 1. The van der Waals surface area contributed by atoms with Crippen LogP contribution in [0.15, 0.2) is 41.6 Å². The smallest absolute Gasteiger partial charge is 0.234 e. The second-order valence-electron chi connectivity index (χ2n) is 6.48. The fraction of sp³-hybridized carbons (Fsp3) is 0.250. The number of carbonyl (C=O) groups is 1. The minimum absolute atomic E-state index is 0.176. The average Bonchev–Trinajstić information content (AvgIpc) is 3.03. The Hall–Kier alpha value is -2.22. The van der Waals surface area contributed by atoms with Gasteiger partial charge in [-0.1, -0.05) is 47.1 Å². The molecule has 1 aromatic heterocycles. The molecule has 0 aliphatic heterocycles. The molecule has 0 aliphatic carbocycles. The van der Waals surface area contributed by atoms with E-state index in [-0.39, 0.29) is 11.7 Å². The highest BCUT2D eigenvalue weighted by atomic mass is 35.5. The summed E-state index contributed by atoms with van der Waals surface area (Å²) in [5.41, 5.74) is 2.78. The molecule has 0 saturated carbocycles.